The van der Waals surface area contributed by atoms with E-state index in [2.05, 4.69) is 30.0 Å². The number of nitrogens with zero attached hydrogens (tertiary/aromatic N) is 3. The molecular weight excluding hydrogens is 429 g/mol. The second-order valence-corrected chi connectivity index (χ2v) is 9.94. The van der Waals surface area contributed by atoms with E-state index in [1.807, 2.05) is 19.0 Å². The fourth-order valence-electron chi connectivity index (χ4n) is 3.24. The maximum absolute atomic E-state index is 13.1. The number of carbonyl (C=O) groups is 1. The number of amides is 1. The number of hydrogen-bond donors (Lipinski definition) is 0. The highest BCUT2D eigenvalue weighted by molar-refractivity contribution is 7.99. The number of halogens is 1. The summed E-state index contributed by atoms with van der Waals surface area (Å²) in [5.74, 6) is 0.714. The lowest BCUT2D eigenvalue weighted by atomic mass is 10.2. The van der Waals surface area contributed by atoms with Crippen molar-refractivity contribution in [3.8, 4) is 0 Å². The van der Waals surface area contributed by atoms with E-state index in [1.54, 1.807) is 35.2 Å². The second kappa shape index (κ2) is 11.6. The van der Waals surface area contributed by atoms with E-state index < -0.39 is 0 Å². The Hall–Kier alpha value is -1.96. The third kappa shape index (κ3) is 7.02. The van der Waals surface area contributed by atoms with Crippen LogP contribution in [0.3, 0.4) is 0 Å². The lowest BCUT2D eigenvalue weighted by molar-refractivity contribution is -0.118. The zero-order chi connectivity index (χ0) is 22.2. The van der Waals surface area contributed by atoms with Crippen LogP contribution in [0.15, 0.2) is 47.4 Å². The van der Waals surface area contributed by atoms with Crippen molar-refractivity contribution in [2.45, 2.75) is 37.5 Å². The van der Waals surface area contributed by atoms with Crippen molar-refractivity contribution in [3.63, 3.8) is 0 Å². The zero-order valence-corrected chi connectivity index (χ0v) is 20.1. The van der Waals surface area contributed by atoms with Crippen LogP contribution in [0.2, 0.25) is 0 Å². The zero-order valence-electron chi connectivity index (χ0n) is 18.4. The van der Waals surface area contributed by atoms with Gasteiger partial charge in [0.1, 0.15) is 5.82 Å². The summed E-state index contributed by atoms with van der Waals surface area (Å²) in [5.41, 5.74) is 2.24. The Morgan fingerprint density at radius 2 is 1.87 bits per heavy atom. The first-order chi connectivity index (χ1) is 15.0. The lowest BCUT2D eigenvalue weighted by Crippen LogP contribution is -2.33. The highest BCUT2D eigenvalue weighted by Gasteiger charge is 2.19. The van der Waals surface area contributed by atoms with Crippen molar-refractivity contribution < 1.29 is 9.18 Å². The Morgan fingerprint density at radius 1 is 1.10 bits per heavy atom. The molecule has 1 amide bonds. The number of fused-ring (bicyclic) bond motifs is 1. The molecular formula is C24H30FN3OS2. The van der Waals surface area contributed by atoms with E-state index in [4.69, 9.17) is 4.98 Å². The molecule has 1 heterocycles. The first-order valence-corrected chi connectivity index (χ1v) is 12.5. The van der Waals surface area contributed by atoms with Crippen LogP contribution in [0.5, 0.6) is 0 Å². The van der Waals surface area contributed by atoms with Crippen molar-refractivity contribution >= 4 is 44.4 Å². The number of benzene rings is 2. The van der Waals surface area contributed by atoms with Crippen molar-refractivity contribution in [2.24, 2.45) is 0 Å². The van der Waals surface area contributed by atoms with Crippen LogP contribution in [0, 0.1) is 5.82 Å². The summed E-state index contributed by atoms with van der Waals surface area (Å²) in [5, 5.41) is 0.790. The molecule has 1 aromatic heterocycles. The predicted molar refractivity (Wildman–Crippen MR) is 131 cm³/mol. The Balaban J connectivity index is 1.64. The van der Waals surface area contributed by atoms with Gasteiger partial charge in [-0.1, -0.05) is 24.3 Å². The molecule has 0 bridgehead atoms. The highest BCUT2D eigenvalue weighted by Crippen LogP contribution is 2.30. The average molecular weight is 460 g/mol. The molecule has 3 rings (SSSR count). The number of rotatable bonds is 11. The Bertz CT molecular complexity index is 988. The quantitative estimate of drug-likeness (QED) is 0.266. The molecule has 0 aliphatic heterocycles. The van der Waals surface area contributed by atoms with Gasteiger partial charge in [0.15, 0.2) is 5.13 Å². The van der Waals surface area contributed by atoms with Gasteiger partial charge >= 0.3 is 0 Å². The minimum absolute atomic E-state index is 0.119. The fraction of sp³-hybridized carbons (Fsp3) is 0.417. The number of carbonyl (C=O) groups excluding carboxylic acids is 1. The minimum atomic E-state index is -0.227. The van der Waals surface area contributed by atoms with Gasteiger partial charge in [0.05, 0.1) is 10.2 Å². The van der Waals surface area contributed by atoms with Crippen LogP contribution in [0.25, 0.3) is 10.2 Å². The van der Waals surface area contributed by atoms with Gasteiger partial charge < -0.3 is 4.90 Å². The minimum Gasteiger partial charge on any atom is -0.309 e. The first kappa shape index (κ1) is 23.7. The van der Waals surface area contributed by atoms with Gasteiger partial charge in [-0.25, -0.2) is 9.37 Å². The third-order valence-electron chi connectivity index (χ3n) is 4.99. The van der Waals surface area contributed by atoms with Gasteiger partial charge in [-0.05, 0) is 87.6 Å². The molecule has 0 N–H and O–H groups in total. The normalized spacial score (nSPS) is 11.4. The molecule has 0 saturated carbocycles. The monoisotopic (exact) mass is 459 g/mol. The van der Waals surface area contributed by atoms with Gasteiger partial charge in [-0.2, -0.15) is 0 Å². The fourth-order valence-corrected chi connectivity index (χ4v) is 5.17. The molecule has 7 heteroatoms. The molecule has 0 saturated heterocycles. The first-order valence-electron chi connectivity index (χ1n) is 10.7. The number of aromatic nitrogens is 1. The highest BCUT2D eigenvalue weighted by atomic mass is 32.2. The van der Waals surface area contributed by atoms with Crippen LogP contribution >= 0.6 is 23.1 Å². The van der Waals surface area contributed by atoms with E-state index in [9.17, 15) is 9.18 Å². The maximum atomic E-state index is 13.1. The van der Waals surface area contributed by atoms with Crippen LogP contribution in [-0.4, -0.2) is 48.7 Å². The lowest BCUT2D eigenvalue weighted by Gasteiger charge is -2.21. The van der Waals surface area contributed by atoms with Crippen LogP contribution in [-0.2, 0) is 11.2 Å². The average Bonchev–Trinajstić information content (AvgIpc) is 3.17. The van der Waals surface area contributed by atoms with Gasteiger partial charge in [-0.15, -0.1) is 11.8 Å². The molecule has 0 aliphatic carbocycles. The Morgan fingerprint density at radius 3 is 2.58 bits per heavy atom. The van der Waals surface area contributed by atoms with Crippen molar-refractivity contribution in [2.75, 3.05) is 37.8 Å². The van der Waals surface area contributed by atoms with Gasteiger partial charge in [0, 0.05) is 17.9 Å². The Kier molecular flexibility index (Phi) is 8.87. The van der Waals surface area contributed by atoms with Crippen LogP contribution in [0.1, 0.15) is 31.7 Å². The van der Waals surface area contributed by atoms with E-state index in [1.165, 1.54) is 17.7 Å². The molecule has 0 radical (unpaired) electrons. The van der Waals surface area contributed by atoms with Crippen LogP contribution < -0.4 is 4.90 Å². The van der Waals surface area contributed by atoms with Gasteiger partial charge in [-0.3, -0.25) is 9.69 Å². The molecule has 0 spiro atoms. The van der Waals surface area contributed by atoms with E-state index in [0.29, 0.717) is 13.0 Å². The largest absolute Gasteiger partial charge is 0.309 e. The molecule has 2 aromatic carbocycles. The number of hydrogen-bond acceptors (Lipinski definition) is 5. The third-order valence-corrected chi connectivity index (χ3v) is 7.13. The molecule has 0 aliphatic rings. The summed E-state index contributed by atoms with van der Waals surface area (Å²) in [6, 6.07) is 12.8. The van der Waals surface area contributed by atoms with Crippen LogP contribution in [0.4, 0.5) is 9.52 Å². The molecule has 166 valence electrons. The summed E-state index contributed by atoms with van der Waals surface area (Å²) in [7, 11) is 4.09. The molecule has 0 unspecified atom stereocenters. The summed E-state index contributed by atoms with van der Waals surface area (Å²) in [6.45, 7) is 3.74. The standard InChI is InChI=1S/C24H30FN3OS2/c1-4-18-8-13-21-22(17-18)31-24(26-21)28(15-6-14-27(2)3)23(29)7-5-16-30-20-11-9-19(25)10-12-20/h8-13,17H,4-7,14-16H2,1-3H3. The summed E-state index contributed by atoms with van der Waals surface area (Å²) >= 11 is 3.25. The molecule has 31 heavy (non-hydrogen) atoms. The van der Waals surface area contributed by atoms with Crippen molar-refractivity contribution in [3.05, 3.63) is 53.8 Å². The summed E-state index contributed by atoms with van der Waals surface area (Å²) in [4.78, 5) is 22.9. The van der Waals surface area contributed by atoms with Gasteiger partial charge in [0.2, 0.25) is 5.91 Å². The smallest absolute Gasteiger partial charge is 0.228 e. The Labute approximate surface area is 192 Å². The number of thiazole rings is 1. The number of aryl methyl sites for hydroxylation is 1. The molecule has 3 aromatic rings. The number of anilines is 1. The number of thioether (sulfide) groups is 1. The van der Waals surface area contributed by atoms with E-state index in [-0.39, 0.29) is 11.7 Å². The summed E-state index contributed by atoms with van der Waals surface area (Å²) < 4.78 is 14.2. The van der Waals surface area contributed by atoms with E-state index >= 15 is 0 Å². The summed E-state index contributed by atoms with van der Waals surface area (Å²) in [6.07, 6.45) is 3.14. The molecule has 0 fully saturated rings. The predicted octanol–water partition coefficient (Wildman–Crippen LogP) is 5.86. The van der Waals surface area contributed by atoms with Crippen molar-refractivity contribution in [1.82, 2.24) is 9.88 Å². The maximum Gasteiger partial charge on any atom is 0.228 e. The SMILES string of the molecule is CCc1ccc2nc(N(CCCN(C)C)C(=O)CCCSc3ccc(F)cc3)sc2c1. The molecule has 4 nitrogen and oxygen atoms in total. The van der Waals surface area contributed by atoms with E-state index in [0.717, 1.165) is 51.8 Å². The topological polar surface area (TPSA) is 36.4 Å². The van der Waals surface area contributed by atoms with Gasteiger partial charge in [0.25, 0.3) is 0 Å². The van der Waals surface area contributed by atoms with Crippen molar-refractivity contribution in [1.29, 1.82) is 0 Å². The second-order valence-electron chi connectivity index (χ2n) is 7.76. The molecule has 0 atom stereocenters.